The Morgan fingerprint density at radius 1 is 1.47 bits per heavy atom. The second-order valence-electron chi connectivity index (χ2n) is 4.44. The van der Waals surface area contributed by atoms with Gasteiger partial charge < -0.3 is 16.2 Å². The molecule has 1 aliphatic rings. The van der Waals surface area contributed by atoms with Crippen molar-refractivity contribution in [3.63, 3.8) is 0 Å². The van der Waals surface area contributed by atoms with E-state index in [0.717, 1.165) is 5.56 Å². The first-order valence-electron chi connectivity index (χ1n) is 5.70. The summed E-state index contributed by atoms with van der Waals surface area (Å²) in [5.74, 6) is 0.0144. The minimum atomic E-state index is -0.763. The SMILES string of the molecule is Nc1ccncc1CC(=O)C1(N)CCOCC1. The highest BCUT2D eigenvalue weighted by molar-refractivity contribution is 5.90. The molecule has 0 saturated carbocycles. The monoisotopic (exact) mass is 235 g/mol. The highest BCUT2D eigenvalue weighted by Gasteiger charge is 2.35. The molecule has 2 rings (SSSR count). The zero-order chi connectivity index (χ0) is 12.3. The first-order chi connectivity index (χ1) is 8.12. The largest absolute Gasteiger partial charge is 0.398 e. The Morgan fingerprint density at radius 2 is 2.18 bits per heavy atom. The topological polar surface area (TPSA) is 91.2 Å². The van der Waals surface area contributed by atoms with E-state index in [1.165, 1.54) is 0 Å². The fraction of sp³-hybridized carbons (Fsp3) is 0.500. The number of nitrogen functional groups attached to an aromatic ring is 1. The molecule has 0 spiro atoms. The fourth-order valence-corrected chi connectivity index (χ4v) is 1.95. The van der Waals surface area contributed by atoms with Gasteiger partial charge in [0.2, 0.25) is 0 Å². The van der Waals surface area contributed by atoms with Crippen LogP contribution in [0, 0.1) is 0 Å². The minimum absolute atomic E-state index is 0.0144. The second-order valence-corrected chi connectivity index (χ2v) is 4.44. The third kappa shape index (κ3) is 2.62. The molecule has 0 amide bonds. The molecular formula is C12H17N3O2. The predicted octanol–water partition coefficient (Wildman–Crippen LogP) is 0.283. The molecule has 1 saturated heterocycles. The normalized spacial score (nSPS) is 18.9. The van der Waals surface area contributed by atoms with Crippen LogP contribution in [-0.2, 0) is 16.0 Å². The molecule has 1 aromatic rings. The second kappa shape index (κ2) is 4.81. The third-order valence-corrected chi connectivity index (χ3v) is 3.23. The van der Waals surface area contributed by atoms with Crippen LogP contribution in [-0.4, -0.2) is 29.5 Å². The van der Waals surface area contributed by atoms with E-state index in [9.17, 15) is 4.79 Å². The van der Waals surface area contributed by atoms with Crippen LogP contribution >= 0.6 is 0 Å². The van der Waals surface area contributed by atoms with Gasteiger partial charge in [-0.3, -0.25) is 9.78 Å². The Bertz CT molecular complexity index is 414. The quantitative estimate of drug-likeness (QED) is 0.785. The predicted molar refractivity (Wildman–Crippen MR) is 64.3 cm³/mol. The molecule has 0 aromatic carbocycles. The molecule has 0 radical (unpaired) electrons. The molecule has 1 fully saturated rings. The van der Waals surface area contributed by atoms with Gasteiger partial charge in [-0.1, -0.05) is 0 Å². The van der Waals surface area contributed by atoms with Crippen molar-refractivity contribution in [3.05, 3.63) is 24.0 Å². The number of carbonyl (C=O) groups is 1. The Labute approximate surface area is 100 Å². The standard InChI is InChI=1S/C12H17N3O2/c13-10-1-4-15-8-9(10)7-11(16)12(14)2-5-17-6-3-12/h1,4,8H,2-3,5-7,14H2,(H2,13,15). The van der Waals surface area contributed by atoms with Crippen molar-refractivity contribution in [1.29, 1.82) is 0 Å². The highest BCUT2D eigenvalue weighted by Crippen LogP contribution is 2.22. The lowest BCUT2D eigenvalue weighted by atomic mass is 9.84. The summed E-state index contributed by atoms with van der Waals surface area (Å²) in [6.07, 6.45) is 4.63. The number of ether oxygens (including phenoxy) is 1. The van der Waals surface area contributed by atoms with Crippen LogP contribution in [0.15, 0.2) is 18.5 Å². The summed E-state index contributed by atoms with van der Waals surface area (Å²) < 4.78 is 5.22. The summed E-state index contributed by atoms with van der Waals surface area (Å²) in [6, 6.07) is 1.69. The van der Waals surface area contributed by atoms with Crippen molar-refractivity contribution in [2.45, 2.75) is 24.8 Å². The number of ketones is 1. The molecule has 0 aliphatic carbocycles. The maximum absolute atomic E-state index is 12.2. The zero-order valence-electron chi connectivity index (χ0n) is 9.69. The Hall–Kier alpha value is -1.46. The van der Waals surface area contributed by atoms with Gasteiger partial charge >= 0.3 is 0 Å². The van der Waals surface area contributed by atoms with Crippen molar-refractivity contribution in [3.8, 4) is 0 Å². The van der Waals surface area contributed by atoms with Gasteiger partial charge in [0.05, 0.1) is 5.54 Å². The van der Waals surface area contributed by atoms with Crippen molar-refractivity contribution in [1.82, 2.24) is 4.98 Å². The number of anilines is 1. The summed E-state index contributed by atoms with van der Waals surface area (Å²) in [5.41, 5.74) is 12.5. The van der Waals surface area contributed by atoms with Crippen molar-refractivity contribution in [2.75, 3.05) is 18.9 Å². The van der Waals surface area contributed by atoms with Gasteiger partial charge in [0.15, 0.2) is 5.78 Å². The maximum Gasteiger partial charge on any atom is 0.157 e. The van der Waals surface area contributed by atoms with Crippen LogP contribution in [0.4, 0.5) is 5.69 Å². The van der Waals surface area contributed by atoms with E-state index in [-0.39, 0.29) is 12.2 Å². The highest BCUT2D eigenvalue weighted by atomic mass is 16.5. The number of aromatic nitrogens is 1. The maximum atomic E-state index is 12.2. The number of hydrogen-bond acceptors (Lipinski definition) is 5. The average Bonchev–Trinajstić information content (AvgIpc) is 2.33. The first kappa shape index (κ1) is 12.0. The molecule has 0 bridgehead atoms. The van der Waals surface area contributed by atoms with Crippen LogP contribution in [0.3, 0.4) is 0 Å². The molecule has 1 aromatic heterocycles. The van der Waals surface area contributed by atoms with Crippen LogP contribution in [0.5, 0.6) is 0 Å². The molecule has 0 unspecified atom stereocenters. The van der Waals surface area contributed by atoms with E-state index >= 15 is 0 Å². The van der Waals surface area contributed by atoms with E-state index in [1.807, 2.05) is 0 Å². The van der Waals surface area contributed by atoms with Gasteiger partial charge in [-0.05, 0) is 18.9 Å². The van der Waals surface area contributed by atoms with E-state index in [4.69, 9.17) is 16.2 Å². The lowest BCUT2D eigenvalue weighted by Gasteiger charge is -2.31. The number of nitrogens with two attached hydrogens (primary N) is 2. The lowest BCUT2D eigenvalue weighted by Crippen LogP contribution is -2.52. The van der Waals surface area contributed by atoms with Crippen molar-refractivity contribution in [2.24, 2.45) is 5.73 Å². The van der Waals surface area contributed by atoms with Gasteiger partial charge in [0, 0.05) is 43.3 Å². The molecule has 4 N–H and O–H groups in total. The summed E-state index contributed by atoms with van der Waals surface area (Å²) in [7, 11) is 0. The summed E-state index contributed by atoms with van der Waals surface area (Å²) in [6.45, 7) is 1.09. The molecule has 1 aliphatic heterocycles. The van der Waals surface area contributed by atoms with Crippen LogP contribution in [0.2, 0.25) is 0 Å². The van der Waals surface area contributed by atoms with Crippen molar-refractivity contribution < 1.29 is 9.53 Å². The summed E-state index contributed by atoms with van der Waals surface area (Å²) >= 11 is 0. The number of nitrogens with zero attached hydrogens (tertiary/aromatic N) is 1. The van der Waals surface area contributed by atoms with E-state index < -0.39 is 5.54 Å². The van der Waals surface area contributed by atoms with E-state index in [2.05, 4.69) is 4.98 Å². The number of pyridine rings is 1. The number of hydrogen-bond donors (Lipinski definition) is 2. The molecule has 0 atom stereocenters. The number of Topliss-reactive ketones (excluding diaryl/α,β-unsaturated/α-hetero) is 1. The van der Waals surface area contributed by atoms with Crippen molar-refractivity contribution >= 4 is 11.5 Å². The minimum Gasteiger partial charge on any atom is -0.398 e. The number of carbonyl (C=O) groups excluding carboxylic acids is 1. The van der Waals surface area contributed by atoms with Crippen LogP contribution in [0.1, 0.15) is 18.4 Å². The Kier molecular flexibility index (Phi) is 3.40. The molecule has 2 heterocycles. The zero-order valence-corrected chi connectivity index (χ0v) is 9.69. The van der Waals surface area contributed by atoms with E-state index in [0.29, 0.717) is 31.7 Å². The molecule has 5 heteroatoms. The molecular weight excluding hydrogens is 218 g/mol. The van der Waals surface area contributed by atoms with Crippen LogP contribution in [0.25, 0.3) is 0 Å². The first-order valence-corrected chi connectivity index (χ1v) is 5.70. The molecule has 17 heavy (non-hydrogen) atoms. The van der Waals surface area contributed by atoms with E-state index in [1.54, 1.807) is 18.5 Å². The molecule has 92 valence electrons. The number of rotatable bonds is 3. The smallest absolute Gasteiger partial charge is 0.157 e. The van der Waals surface area contributed by atoms with Gasteiger partial charge in [-0.2, -0.15) is 0 Å². The summed E-state index contributed by atoms with van der Waals surface area (Å²) in [4.78, 5) is 16.1. The third-order valence-electron chi connectivity index (χ3n) is 3.23. The Morgan fingerprint density at radius 3 is 2.82 bits per heavy atom. The molecule has 5 nitrogen and oxygen atoms in total. The van der Waals surface area contributed by atoms with Gasteiger partial charge in [0.25, 0.3) is 0 Å². The van der Waals surface area contributed by atoms with Crippen LogP contribution < -0.4 is 11.5 Å². The lowest BCUT2D eigenvalue weighted by molar-refractivity contribution is -0.126. The van der Waals surface area contributed by atoms with Gasteiger partial charge in [0.1, 0.15) is 0 Å². The Balaban J connectivity index is 2.08. The average molecular weight is 235 g/mol. The van der Waals surface area contributed by atoms with Gasteiger partial charge in [-0.25, -0.2) is 0 Å². The fourth-order valence-electron chi connectivity index (χ4n) is 1.95. The van der Waals surface area contributed by atoms with Gasteiger partial charge in [-0.15, -0.1) is 0 Å². The summed E-state index contributed by atoms with van der Waals surface area (Å²) in [5, 5.41) is 0.